The number of rotatable bonds is 7. The zero-order valence-corrected chi connectivity index (χ0v) is 15.9. The maximum Gasteiger partial charge on any atom is 0.0350 e. The van der Waals surface area contributed by atoms with Crippen LogP contribution in [-0.2, 0) is 6.42 Å². The summed E-state index contributed by atoms with van der Waals surface area (Å²) in [5.41, 5.74) is 3.20. The zero-order chi connectivity index (χ0) is 16.8. The summed E-state index contributed by atoms with van der Waals surface area (Å²) in [5.74, 6) is 2.58. The number of unbranched alkanes of at least 4 members (excludes halogenated alkanes) is 1. The predicted octanol–water partition coefficient (Wildman–Crippen LogP) is 5.68. The quantitative estimate of drug-likeness (QED) is 0.379. The molecule has 1 saturated heterocycles. The molecule has 0 amide bonds. The van der Waals surface area contributed by atoms with Gasteiger partial charge in [0.05, 0.1) is 0 Å². The molecule has 0 bridgehead atoms. The normalized spacial score (nSPS) is 23.6. The molecule has 1 fully saturated rings. The van der Waals surface area contributed by atoms with E-state index in [0.717, 1.165) is 11.7 Å². The standard InChI is InChI=1S/C22H33NS/c1-2-18(8-5-6-17-24)19-13-15-23(16-14-19)22-12-7-10-20-9-3-4-11-21(20)22/h2-4,9,11,18-19,22,24H,1,5-8,10,12-17H2. The van der Waals surface area contributed by atoms with E-state index in [2.05, 4.69) is 54.4 Å². The molecule has 1 aromatic carbocycles. The molecule has 24 heavy (non-hydrogen) atoms. The van der Waals surface area contributed by atoms with E-state index in [1.165, 1.54) is 64.5 Å². The van der Waals surface area contributed by atoms with Gasteiger partial charge in [-0.25, -0.2) is 0 Å². The predicted molar refractivity (Wildman–Crippen MR) is 108 cm³/mol. The van der Waals surface area contributed by atoms with Crippen LogP contribution in [0.2, 0.25) is 0 Å². The van der Waals surface area contributed by atoms with Gasteiger partial charge in [-0.05, 0) is 86.8 Å². The lowest BCUT2D eigenvalue weighted by molar-refractivity contribution is 0.104. The highest BCUT2D eigenvalue weighted by Crippen LogP contribution is 2.38. The highest BCUT2D eigenvalue weighted by Gasteiger charge is 2.30. The monoisotopic (exact) mass is 343 g/mol. The number of thiol groups is 1. The lowest BCUT2D eigenvalue weighted by Crippen LogP contribution is -2.39. The fourth-order valence-corrected chi connectivity index (χ4v) is 5.03. The Bertz CT molecular complexity index is 518. The average molecular weight is 344 g/mol. The molecule has 2 atom stereocenters. The summed E-state index contributed by atoms with van der Waals surface area (Å²) in [6.45, 7) is 6.65. The molecule has 3 rings (SSSR count). The van der Waals surface area contributed by atoms with Gasteiger partial charge in [-0.15, -0.1) is 6.58 Å². The molecular formula is C22H33NS. The first-order valence-electron chi connectivity index (χ1n) is 9.88. The maximum absolute atomic E-state index is 4.34. The van der Waals surface area contributed by atoms with Crippen LogP contribution in [0, 0.1) is 11.8 Å². The molecule has 132 valence electrons. The van der Waals surface area contributed by atoms with E-state index in [-0.39, 0.29) is 0 Å². The highest BCUT2D eigenvalue weighted by molar-refractivity contribution is 7.80. The summed E-state index contributed by atoms with van der Waals surface area (Å²) in [6, 6.07) is 9.80. The van der Waals surface area contributed by atoms with Crippen molar-refractivity contribution in [3.63, 3.8) is 0 Å². The number of hydrogen-bond acceptors (Lipinski definition) is 2. The third-order valence-corrected chi connectivity index (χ3v) is 6.52. The van der Waals surface area contributed by atoms with Crippen LogP contribution in [-0.4, -0.2) is 23.7 Å². The molecule has 1 heterocycles. The summed E-state index contributed by atoms with van der Waals surface area (Å²) >= 11 is 4.34. The van der Waals surface area contributed by atoms with E-state index in [1.54, 1.807) is 11.1 Å². The van der Waals surface area contributed by atoms with Crippen LogP contribution in [0.5, 0.6) is 0 Å². The second kappa shape index (κ2) is 9.10. The Kier molecular flexibility index (Phi) is 6.85. The van der Waals surface area contributed by atoms with Crippen molar-refractivity contribution < 1.29 is 0 Å². The Morgan fingerprint density at radius 2 is 1.96 bits per heavy atom. The molecule has 2 unspecified atom stereocenters. The first-order valence-corrected chi connectivity index (χ1v) is 10.5. The molecule has 1 aliphatic carbocycles. The van der Waals surface area contributed by atoms with Gasteiger partial charge >= 0.3 is 0 Å². The molecule has 2 heteroatoms. The molecule has 0 aromatic heterocycles. The van der Waals surface area contributed by atoms with Crippen molar-refractivity contribution in [1.82, 2.24) is 4.90 Å². The summed E-state index contributed by atoms with van der Waals surface area (Å²) in [4.78, 5) is 2.77. The Morgan fingerprint density at radius 1 is 1.17 bits per heavy atom. The minimum absolute atomic E-state index is 0.669. The van der Waals surface area contributed by atoms with Crippen LogP contribution in [0.4, 0.5) is 0 Å². The van der Waals surface area contributed by atoms with Crippen LogP contribution in [0.1, 0.15) is 62.1 Å². The number of nitrogens with zero attached hydrogens (tertiary/aromatic N) is 1. The SMILES string of the molecule is C=CC(CCCCS)C1CCN(C2CCCc3ccccc32)CC1. The zero-order valence-electron chi connectivity index (χ0n) is 15.0. The van der Waals surface area contributed by atoms with Crippen molar-refractivity contribution in [3.8, 4) is 0 Å². The second-order valence-electron chi connectivity index (χ2n) is 7.60. The Labute approximate surface area is 153 Å². The highest BCUT2D eigenvalue weighted by atomic mass is 32.1. The molecule has 0 spiro atoms. The van der Waals surface area contributed by atoms with Crippen molar-refractivity contribution in [2.45, 2.75) is 57.4 Å². The minimum atomic E-state index is 0.669. The van der Waals surface area contributed by atoms with Gasteiger partial charge < -0.3 is 0 Å². The molecule has 2 aliphatic rings. The molecular weight excluding hydrogens is 310 g/mol. The van der Waals surface area contributed by atoms with Gasteiger partial charge in [0.25, 0.3) is 0 Å². The largest absolute Gasteiger partial charge is 0.296 e. The van der Waals surface area contributed by atoms with Crippen molar-refractivity contribution in [2.24, 2.45) is 11.8 Å². The van der Waals surface area contributed by atoms with E-state index in [9.17, 15) is 0 Å². The number of hydrogen-bond donors (Lipinski definition) is 1. The van der Waals surface area contributed by atoms with E-state index in [1.807, 2.05) is 0 Å². The molecule has 1 aliphatic heterocycles. The molecule has 0 saturated carbocycles. The van der Waals surface area contributed by atoms with E-state index in [4.69, 9.17) is 0 Å². The number of aryl methyl sites for hydroxylation is 1. The Morgan fingerprint density at radius 3 is 2.71 bits per heavy atom. The van der Waals surface area contributed by atoms with E-state index in [0.29, 0.717) is 12.0 Å². The van der Waals surface area contributed by atoms with Crippen molar-refractivity contribution in [2.75, 3.05) is 18.8 Å². The van der Waals surface area contributed by atoms with E-state index < -0.39 is 0 Å². The number of fused-ring (bicyclic) bond motifs is 1. The lowest BCUT2D eigenvalue weighted by atomic mass is 9.80. The van der Waals surface area contributed by atoms with Gasteiger partial charge in [-0.3, -0.25) is 4.90 Å². The fourth-order valence-electron chi connectivity index (χ4n) is 4.80. The number of allylic oxidation sites excluding steroid dienone is 1. The Hall–Kier alpha value is -0.730. The first-order chi connectivity index (χ1) is 11.8. The van der Waals surface area contributed by atoms with Gasteiger partial charge in [-0.2, -0.15) is 12.6 Å². The summed E-state index contributed by atoms with van der Waals surface area (Å²) in [7, 11) is 0. The van der Waals surface area contributed by atoms with Crippen molar-refractivity contribution >= 4 is 12.6 Å². The average Bonchev–Trinajstić information content (AvgIpc) is 2.65. The molecule has 1 aromatic rings. The molecule has 0 N–H and O–H groups in total. The number of benzene rings is 1. The van der Waals surface area contributed by atoms with Gasteiger partial charge in [-0.1, -0.05) is 36.8 Å². The van der Waals surface area contributed by atoms with Gasteiger partial charge in [0.2, 0.25) is 0 Å². The third kappa shape index (κ3) is 4.26. The number of piperidine rings is 1. The molecule has 0 radical (unpaired) electrons. The van der Waals surface area contributed by atoms with E-state index >= 15 is 0 Å². The summed E-state index contributed by atoms with van der Waals surface area (Å²) in [6.07, 6.45) is 12.7. The van der Waals surface area contributed by atoms with Crippen molar-refractivity contribution in [3.05, 3.63) is 48.0 Å². The van der Waals surface area contributed by atoms with Crippen LogP contribution >= 0.6 is 12.6 Å². The van der Waals surface area contributed by atoms with Crippen LogP contribution < -0.4 is 0 Å². The third-order valence-electron chi connectivity index (χ3n) is 6.21. The fraction of sp³-hybridized carbons (Fsp3) is 0.636. The van der Waals surface area contributed by atoms with Crippen LogP contribution in [0.15, 0.2) is 36.9 Å². The smallest absolute Gasteiger partial charge is 0.0350 e. The van der Waals surface area contributed by atoms with Crippen LogP contribution in [0.25, 0.3) is 0 Å². The Balaban J connectivity index is 1.56. The van der Waals surface area contributed by atoms with Crippen molar-refractivity contribution in [1.29, 1.82) is 0 Å². The van der Waals surface area contributed by atoms with Crippen LogP contribution in [0.3, 0.4) is 0 Å². The lowest BCUT2D eigenvalue weighted by Gasteiger charge is -2.41. The first kappa shape index (κ1) is 18.1. The summed E-state index contributed by atoms with van der Waals surface area (Å²) < 4.78 is 0. The van der Waals surface area contributed by atoms with Gasteiger partial charge in [0, 0.05) is 6.04 Å². The van der Waals surface area contributed by atoms with Gasteiger partial charge in [0.15, 0.2) is 0 Å². The molecule has 1 nitrogen and oxygen atoms in total. The second-order valence-corrected chi connectivity index (χ2v) is 8.05. The minimum Gasteiger partial charge on any atom is -0.296 e. The number of likely N-dealkylation sites (tertiary alicyclic amines) is 1. The van der Waals surface area contributed by atoms with Gasteiger partial charge in [0.1, 0.15) is 0 Å². The maximum atomic E-state index is 4.34. The summed E-state index contributed by atoms with van der Waals surface area (Å²) in [5, 5.41) is 0. The topological polar surface area (TPSA) is 3.24 Å².